The number of hydrogen-bond donors (Lipinski definition) is 1. The molecule has 4 heteroatoms. The van der Waals surface area contributed by atoms with Crippen LogP contribution in [-0.4, -0.2) is 19.6 Å². The Morgan fingerprint density at radius 1 is 1.08 bits per heavy atom. The van der Waals surface area contributed by atoms with Gasteiger partial charge in [-0.3, -0.25) is 4.79 Å². The minimum atomic E-state index is -0.157. The first kappa shape index (κ1) is 19.8. The molecule has 1 N–H and O–H groups in total. The Kier molecular flexibility index (Phi) is 6.67. The highest BCUT2D eigenvalue weighted by atomic mass is 16.5. The number of carbonyl (C=O) groups is 1. The molecule has 26 heavy (non-hydrogen) atoms. The second kappa shape index (κ2) is 8.75. The van der Waals surface area contributed by atoms with E-state index in [1.165, 1.54) is 0 Å². The first-order chi connectivity index (χ1) is 12.3. The number of anilines is 1. The van der Waals surface area contributed by atoms with Crippen molar-refractivity contribution in [2.24, 2.45) is 5.92 Å². The van der Waals surface area contributed by atoms with E-state index in [1.807, 2.05) is 19.1 Å². The van der Waals surface area contributed by atoms with Gasteiger partial charge in [0, 0.05) is 11.3 Å². The average Bonchev–Trinajstić information content (AvgIpc) is 2.61. The van der Waals surface area contributed by atoms with Crippen LogP contribution < -0.4 is 14.8 Å². The molecule has 4 nitrogen and oxygen atoms in total. The van der Waals surface area contributed by atoms with E-state index in [2.05, 4.69) is 39.1 Å². The fraction of sp³-hybridized carbons (Fsp3) is 0.409. The van der Waals surface area contributed by atoms with Crippen molar-refractivity contribution in [2.45, 2.75) is 40.5 Å². The minimum absolute atomic E-state index is 0.157. The van der Waals surface area contributed by atoms with Crippen LogP contribution in [0.25, 0.3) is 0 Å². The molecule has 0 fully saturated rings. The number of benzene rings is 2. The van der Waals surface area contributed by atoms with Crippen LogP contribution in [-0.2, 0) is 0 Å². The Labute approximate surface area is 156 Å². The van der Waals surface area contributed by atoms with Crippen molar-refractivity contribution in [3.8, 4) is 11.5 Å². The minimum Gasteiger partial charge on any atom is -0.493 e. The van der Waals surface area contributed by atoms with Gasteiger partial charge in [0.1, 0.15) is 0 Å². The highest BCUT2D eigenvalue weighted by Crippen LogP contribution is 2.31. The van der Waals surface area contributed by atoms with Gasteiger partial charge in [-0.15, -0.1) is 0 Å². The Morgan fingerprint density at radius 3 is 2.42 bits per heavy atom. The number of carbonyl (C=O) groups excluding carboxylic acids is 1. The van der Waals surface area contributed by atoms with Crippen LogP contribution in [0, 0.1) is 12.8 Å². The fourth-order valence-electron chi connectivity index (χ4n) is 2.71. The predicted octanol–water partition coefficient (Wildman–Crippen LogP) is 5.41. The highest BCUT2D eigenvalue weighted by Gasteiger charge is 2.15. The third-order valence-corrected chi connectivity index (χ3v) is 4.16. The van der Waals surface area contributed by atoms with E-state index < -0.39 is 0 Å². The maximum absolute atomic E-state index is 12.8. The van der Waals surface area contributed by atoms with Crippen molar-refractivity contribution in [2.75, 3.05) is 19.0 Å². The summed E-state index contributed by atoms with van der Waals surface area (Å²) in [5.74, 6) is 1.79. The zero-order chi connectivity index (χ0) is 19.3. The molecule has 0 atom stereocenters. The number of rotatable bonds is 7. The molecule has 0 spiro atoms. The van der Waals surface area contributed by atoms with Gasteiger partial charge in [-0.05, 0) is 48.1 Å². The van der Waals surface area contributed by atoms with Gasteiger partial charge in [0.2, 0.25) is 0 Å². The molecule has 2 aromatic carbocycles. The molecule has 0 radical (unpaired) electrons. The SMILES string of the molecule is COc1cc(C(=O)Nc2c(C)cccc2C(C)C)ccc1OCC(C)C. The van der Waals surface area contributed by atoms with Gasteiger partial charge in [0.15, 0.2) is 11.5 Å². The monoisotopic (exact) mass is 355 g/mol. The van der Waals surface area contributed by atoms with Crippen molar-refractivity contribution in [1.82, 2.24) is 0 Å². The van der Waals surface area contributed by atoms with Gasteiger partial charge in [-0.2, -0.15) is 0 Å². The van der Waals surface area contributed by atoms with Gasteiger partial charge < -0.3 is 14.8 Å². The Hall–Kier alpha value is -2.49. The van der Waals surface area contributed by atoms with Crippen molar-refractivity contribution in [3.05, 3.63) is 53.1 Å². The molecule has 2 aromatic rings. The standard InChI is InChI=1S/C22H29NO3/c1-14(2)13-26-19-11-10-17(12-20(19)25-6)22(24)23-21-16(5)8-7-9-18(21)15(3)4/h7-12,14-15H,13H2,1-6H3,(H,23,24). The largest absolute Gasteiger partial charge is 0.493 e. The molecule has 0 aliphatic heterocycles. The van der Waals surface area contributed by atoms with Crippen LogP contribution >= 0.6 is 0 Å². The van der Waals surface area contributed by atoms with Crippen molar-refractivity contribution < 1.29 is 14.3 Å². The summed E-state index contributed by atoms with van der Waals surface area (Å²) < 4.78 is 11.2. The summed E-state index contributed by atoms with van der Waals surface area (Å²) in [5, 5.41) is 3.06. The summed E-state index contributed by atoms with van der Waals surface area (Å²) in [6.07, 6.45) is 0. The first-order valence-corrected chi connectivity index (χ1v) is 9.05. The molecule has 0 aliphatic carbocycles. The topological polar surface area (TPSA) is 47.6 Å². The van der Waals surface area contributed by atoms with Crippen LogP contribution in [0.5, 0.6) is 11.5 Å². The number of para-hydroxylation sites is 1. The molecule has 0 saturated carbocycles. The van der Waals surface area contributed by atoms with Crippen molar-refractivity contribution >= 4 is 11.6 Å². The second-order valence-electron chi connectivity index (χ2n) is 7.22. The van der Waals surface area contributed by atoms with E-state index in [4.69, 9.17) is 9.47 Å². The quantitative estimate of drug-likeness (QED) is 0.722. The molecule has 1 amide bonds. The summed E-state index contributed by atoms with van der Waals surface area (Å²) in [6.45, 7) is 11.0. The van der Waals surface area contributed by atoms with Crippen LogP contribution in [0.15, 0.2) is 36.4 Å². The third kappa shape index (κ3) is 4.78. The second-order valence-corrected chi connectivity index (χ2v) is 7.22. The number of nitrogens with one attached hydrogen (secondary N) is 1. The molecule has 0 aromatic heterocycles. The number of ether oxygens (including phenoxy) is 2. The Balaban J connectivity index is 2.25. The molecule has 0 heterocycles. The molecule has 0 bridgehead atoms. The molecule has 0 saturated heterocycles. The van der Waals surface area contributed by atoms with Crippen LogP contribution in [0.1, 0.15) is 55.1 Å². The predicted molar refractivity (Wildman–Crippen MR) is 107 cm³/mol. The lowest BCUT2D eigenvalue weighted by atomic mass is 9.98. The molecule has 2 rings (SSSR count). The third-order valence-electron chi connectivity index (χ3n) is 4.16. The summed E-state index contributed by atoms with van der Waals surface area (Å²) in [4.78, 5) is 12.8. The molecule has 140 valence electrons. The molecular formula is C22H29NO3. The molecule has 0 unspecified atom stereocenters. The Bertz CT molecular complexity index is 766. The maximum Gasteiger partial charge on any atom is 0.255 e. The van der Waals surface area contributed by atoms with E-state index in [1.54, 1.807) is 25.3 Å². The summed E-state index contributed by atoms with van der Waals surface area (Å²) in [6, 6.07) is 11.3. The zero-order valence-electron chi connectivity index (χ0n) is 16.6. The summed E-state index contributed by atoms with van der Waals surface area (Å²) >= 11 is 0. The summed E-state index contributed by atoms with van der Waals surface area (Å²) in [5.41, 5.74) is 3.60. The van der Waals surface area contributed by atoms with E-state index in [9.17, 15) is 4.79 Å². The smallest absolute Gasteiger partial charge is 0.255 e. The van der Waals surface area contributed by atoms with E-state index >= 15 is 0 Å². The molecule has 0 aliphatic rings. The van der Waals surface area contributed by atoms with Crippen molar-refractivity contribution in [3.63, 3.8) is 0 Å². The zero-order valence-corrected chi connectivity index (χ0v) is 16.6. The normalized spacial score (nSPS) is 10.9. The lowest BCUT2D eigenvalue weighted by molar-refractivity contribution is 0.102. The van der Waals surface area contributed by atoms with Gasteiger partial charge in [-0.1, -0.05) is 45.9 Å². The van der Waals surface area contributed by atoms with E-state index in [0.717, 1.165) is 16.8 Å². The molecular weight excluding hydrogens is 326 g/mol. The van der Waals surface area contributed by atoms with Gasteiger partial charge in [-0.25, -0.2) is 0 Å². The Morgan fingerprint density at radius 2 is 1.81 bits per heavy atom. The van der Waals surface area contributed by atoms with E-state index in [-0.39, 0.29) is 5.91 Å². The van der Waals surface area contributed by atoms with Crippen molar-refractivity contribution in [1.29, 1.82) is 0 Å². The average molecular weight is 355 g/mol. The van der Waals surface area contributed by atoms with Gasteiger partial charge >= 0.3 is 0 Å². The lowest BCUT2D eigenvalue weighted by Gasteiger charge is -2.17. The number of hydrogen-bond acceptors (Lipinski definition) is 3. The van der Waals surface area contributed by atoms with Crippen LogP contribution in [0.2, 0.25) is 0 Å². The fourth-order valence-corrected chi connectivity index (χ4v) is 2.71. The lowest BCUT2D eigenvalue weighted by Crippen LogP contribution is -2.15. The summed E-state index contributed by atoms with van der Waals surface area (Å²) in [7, 11) is 1.58. The van der Waals surface area contributed by atoms with E-state index in [0.29, 0.717) is 35.5 Å². The van der Waals surface area contributed by atoms with Gasteiger partial charge in [0.05, 0.1) is 13.7 Å². The highest BCUT2D eigenvalue weighted by molar-refractivity contribution is 6.05. The van der Waals surface area contributed by atoms with Crippen LogP contribution in [0.4, 0.5) is 5.69 Å². The maximum atomic E-state index is 12.8. The first-order valence-electron chi connectivity index (χ1n) is 9.05. The van der Waals surface area contributed by atoms with Crippen LogP contribution in [0.3, 0.4) is 0 Å². The van der Waals surface area contributed by atoms with Gasteiger partial charge in [0.25, 0.3) is 5.91 Å². The number of amides is 1. The number of methoxy groups -OCH3 is 1. The number of aryl methyl sites for hydroxylation is 1.